The van der Waals surface area contributed by atoms with Gasteiger partial charge in [-0.05, 0) is 29.2 Å². The molecule has 0 aliphatic carbocycles. The zero-order valence-corrected chi connectivity index (χ0v) is 12.2. The van der Waals surface area contributed by atoms with Crippen molar-refractivity contribution in [2.24, 2.45) is 4.99 Å². The first-order valence-corrected chi connectivity index (χ1v) is 7.54. The predicted molar refractivity (Wildman–Crippen MR) is 92.9 cm³/mol. The monoisotopic (exact) mass is 287 g/mol. The summed E-state index contributed by atoms with van der Waals surface area (Å²) in [4.78, 5) is 4.61. The van der Waals surface area contributed by atoms with Crippen molar-refractivity contribution in [3.63, 3.8) is 0 Å². The Labute approximate surface area is 129 Å². The highest BCUT2D eigenvalue weighted by Crippen LogP contribution is 2.22. The van der Waals surface area contributed by atoms with E-state index in [2.05, 4.69) is 81.7 Å². The second-order valence-electron chi connectivity index (χ2n) is 5.34. The molecule has 2 heterocycles. The van der Waals surface area contributed by atoms with E-state index in [1.807, 2.05) is 6.07 Å². The van der Waals surface area contributed by atoms with E-state index in [0.717, 1.165) is 24.6 Å². The molecule has 3 heteroatoms. The fourth-order valence-electron chi connectivity index (χ4n) is 2.82. The van der Waals surface area contributed by atoms with Crippen LogP contribution in [0.1, 0.15) is 5.56 Å². The van der Waals surface area contributed by atoms with Crippen LogP contribution in [0.2, 0.25) is 0 Å². The molecule has 0 saturated carbocycles. The molecule has 22 heavy (non-hydrogen) atoms. The molecule has 0 unspecified atom stereocenters. The molecular formula is C19H17N3. The SMILES string of the molecule is C(=C(\C1=NCCN1)n1ccc2ccccc21)/c1ccccc1. The number of para-hydroxylation sites is 1. The predicted octanol–water partition coefficient (Wildman–Crippen LogP) is 3.64. The van der Waals surface area contributed by atoms with Crippen molar-refractivity contribution in [2.75, 3.05) is 13.1 Å². The molecule has 1 N–H and O–H groups in total. The number of nitrogens with one attached hydrogen (secondary N) is 1. The van der Waals surface area contributed by atoms with Crippen LogP contribution < -0.4 is 5.32 Å². The Hall–Kier alpha value is -2.81. The number of benzene rings is 2. The fraction of sp³-hybridized carbons (Fsp3) is 0.105. The third-order valence-electron chi connectivity index (χ3n) is 3.88. The molecule has 0 saturated heterocycles. The van der Waals surface area contributed by atoms with Gasteiger partial charge in [0.2, 0.25) is 0 Å². The topological polar surface area (TPSA) is 29.3 Å². The van der Waals surface area contributed by atoms with Crippen LogP contribution in [0.4, 0.5) is 0 Å². The van der Waals surface area contributed by atoms with Crippen LogP contribution in [0, 0.1) is 0 Å². The maximum atomic E-state index is 4.61. The summed E-state index contributed by atoms with van der Waals surface area (Å²) in [5.41, 5.74) is 3.46. The maximum absolute atomic E-state index is 4.61. The van der Waals surface area contributed by atoms with Crippen LogP contribution in [0.25, 0.3) is 22.7 Å². The summed E-state index contributed by atoms with van der Waals surface area (Å²) in [5.74, 6) is 0.963. The van der Waals surface area contributed by atoms with E-state index < -0.39 is 0 Å². The summed E-state index contributed by atoms with van der Waals surface area (Å²) < 4.78 is 2.21. The van der Waals surface area contributed by atoms with E-state index in [1.54, 1.807) is 0 Å². The van der Waals surface area contributed by atoms with Gasteiger partial charge in [-0.25, -0.2) is 0 Å². The summed E-state index contributed by atoms with van der Waals surface area (Å²) in [6.45, 7) is 1.74. The lowest BCUT2D eigenvalue weighted by molar-refractivity contribution is 0.959. The molecule has 1 aliphatic rings. The number of rotatable bonds is 3. The second kappa shape index (κ2) is 5.53. The summed E-state index contributed by atoms with van der Waals surface area (Å²) in [6, 6.07) is 20.9. The molecule has 3 aromatic rings. The highest BCUT2D eigenvalue weighted by Gasteiger charge is 2.14. The van der Waals surface area contributed by atoms with Gasteiger partial charge in [0, 0.05) is 12.7 Å². The molecular weight excluding hydrogens is 270 g/mol. The number of aromatic nitrogens is 1. The number of amidine groups is 1. The van der Waals surface area contributed by atoms with Gasteiger partial charge in [0.05, 0.1) is 17.8 Å². The summed E-state index contributed by atoms with van der Waals surface area (Å²) >= 11 is 0. The zero-order valence-electron chi connectivity index (χ0n) is 12.2. The van der Waals surface area contributed by atoms with E-state index in [1.165, 1.54) is 16.5 Å². The highest BCUT2D eigenvalue weighted by molar-refractivity contribution is 6.23. The minimum absolute atomic E-state index is 0.834. The van der Waals surface area contributed by atoms with Crippen LogP contribution in [0.3, 0.4) is 0 Å². The molecule has 0 atom stereocenters. The lowest BCUT2D eigenvalue weighted by Crippen LogP contribution is -2.22. The third-order valence-corrected chi connectivity index (χ3v) is 3.88. The van der Waals surface area contributed by atoms with Crippen LogP contribution in [-0.4, -0.2) is 23.5 Å². The summed E-state index contributed by atoms with van der Waals surface area (Å²) in [5, 5.41) is 4.63. The minimum atomic E-state index is 0.834. The normalized spacial score (nSPS) is 14.9. The molecule has 2 aromatic carbocycles. The first kappa shape index (κ1) is 12.9. The molecule has 108 valence electrons. The van der Waals surface area contributed by atoms with Crippen molar-refractivity contribution < 1.29 is 0 Å². The van der Waals surface area contributed by atoms with Gasteiger partial charge in [-0.15, -0.1) is 0 Å². The van der Waals surface area contributed by atoms with Gasteiger partial charge in [-0.1, -0.05) is 48.5 Å². The van der Waals surface area contributed by atoms with Crippen molar-refractivity contribution in [1.82, 2.24) is 9.88 Å². The molecule has 0 radical (unpaired) electrons. The average Bonchev–Trinajstić information content (AvgIpc) is 3.24. The van der Waals surface area contributed by atoms with Gasteiger partial charge in [-0.2, -0.15) is 0 Å². The van der Waals surface area contributed by atoms with E-state index in [-0.39, 0.29) is 0 Å². The molecule has 0 amide bonds. The quantitative estimate of drug-likeness (QED) is 0.783. The maximum Gasteiger partial charge on any atom is 0.145 e. The molecule has 4 rings (SSSR count). The Morgan fingerprint density at radius 1 is 1.00 bits per heavy atom. The molecule has 0 fully saturated rings. The van der Waals surface area contributed by atoms with Crippen LogP contribution >= 0.6 is 0 Å². The van der Waals surface area contributed by atoms with E-state index >= 15 is 0 Å². The number of hydrogen-bond donors (Lipinski definition) is 1. The van der Waals surface area contributed by atoms with E-state index in [0.29, 0.717) is 0 Å². The Morgan fingerprint density at radius 3 is 2.64 bits per heavy atom. The van der Waals surface area contributed by atoms with Crippen molar-refractivity contribution in [3.05, 3.63) is 72.4 Å². The van der Waals surface area contributed by atoms with Gasteiger partial charge in [0.1, 0.15) is 5.84 Å². The van der Waals surface area contributed by atoms with Crippen molar-refractivity contribution in [1.29, 1.82) is 0 Å². The Bertz CT molecular complexity index is 857. The van der Waals surface area contributed by atoms with Crippen molar-refractivity contribution in [3.8, 4) is 0 Å². The largest absolute Gasteiger partial charge is 0.367 e. The van der Waals surface area contributed by atoms with Crippen LogP contribution in [0.5, 0.6) is 0 Å². The van der Waals surface area contributed by atoms with Crippen LogP contribution in [0.15, 0.2) is 71.9 Å². The lowest BCUT2D eigenvalue weighted by Gasteiger charge is -2.12. The van der Waals surface area contributed by atoms with Crippen molar-refractivity contribution >= 4 is 28.5 Å². The first-order valence-electron chi connectivity index (χ1n) is 7.54. The standard InChI is InChI=1S/C19H17N3/c1-2-6-15(7-3-1)14-18(19-20-11-12-21-19)22-13-10-16-8-4-5-9-17(16)22/h1-10,13-14H,11-12H2,(H,20,21)/b18-14-. The number of aliphatic imine (C=N–C) groups is 1. The Morgan fingerprint density at radius 2 is 1.82 bits per heavy atom. The molecule has 1 aromatic heterocycles. The molecule has 3 nitrogen and oxygen atoms in total. The molecule has 1 aliphatic heterocycles. The Balaban J connectivity index is 1.89. The minimum Gasteiger partial charge on any atom is -0.367 e. The highest BCUT2D eigenvalue weighted by atomic mass is 15.1. The average molecular weight is 287 g/mol. The fourth-order valence-corrected chi connectivity index (χ4v) is 2.82. The van der Waals surface area contributed by atoms with Crippen LogP contribution in [-0.2, 0) is 0 Å². The lowest BCUT2D eigenvalue weighted by atomic mass is 10.2. The first-order chi connectivity index (χ1) is 10.9. The van der Waals surface area contributed by atoms with Gasteiger partial charge >= 0.3 is 0 Å². The number of nitrogens with zero attached hydrogens (tertiary/aromatic N) is 2. The van der Waals surface area contributed by atoms with E-state index in [9.17, 15) is 0 Å². The summed E-state index contributed by atoms with van der Waals surface area (Å²) in [7, 11) is 0. The molecule has 0 spiro atoms. The third kappa shape index (κ3) is 2.31. The Kier molecular flexibility index (Phi) is 3.24. The van der Waals surface area contributed by atoms with Gasteiger partial charge in [0.25, 0.3) is 0 Å². The smallest absolute Gasteiger partial charge is 0.145 e. The summed E-state index contributed by atoms with van der Waals surface area (Å²) in [6.07, 6.45) is 4.30. The van der Waals surface area contributed by atoms with Gasteiger partial charge < -0.3 is 9.88 Å². The number of fused-ring (bicyclic) bond motifs is 1. The van der Waals surface area contributed by atoms with Gasteiger partial charge in [-0.3, -0.25) is 4.99 Å². The molecule has 0 bridgehead atoms. The van der Waals surface area contributed by atoms with Gasteiger partial charge in [0.15, 0.2) is 0 Å². The zero-order chi connectivity index (χ0) is 14.8. The van der Waals surface area contributed by atoms with Crippen molar-refractivity contribution in [2.45, 2.75) is 0 Å². The number of hydrogen-bond acceptors (Lipinski definition) is 2. The second-order valence-corrected chi connectivity index (χ2v) is 5.34. The van der Waals surface area contributed by atoms with E-state index in [4.69, 9.17) is 0 Å².